The molecular formula is C30H34N2O3. The molecule has 1 aliphatic heterocycles. The Labute approximate surface area is 208 Å². The smallest absolute Gasteiger partial charge is 0.236 e. The number of amides is 2. The van der Waals surface area contributed by atoms with Crippen LogP contribution in [-0.2, 0) is 9.59 Å². The first-order valence-electron chi connectivity index (χ1n) is 12.3. The van der Waals surface area contributed by atoms with Crippen LogP contribution in [0.15, 0.2) is 78.9 Å². The Hall–Kier alpha value is -3.60. The van der Waals surface area contributed by atoms with Crippen LogP contribution in [0.5, 0.6) is 5.75 Å². The molecule has 0 atom stereocenters. The molecule has 0 aromatic heterocycles. The number of rotatable bonds is 7. The van der Waals surface area contributed by atoms with E-state index >= 15 is 0 Å². The summed E-state index contributed by atoms with van der Waals surface area (Å²) < 4.78 is 6.04. The molecule has 4 rings (SSSR count). The van der Waals surface area contributed by atoms with E-state index in [1.807, 2.05) is 97.6 Å². The molecule has 182 valence electrons. The number of hydrogen-bond donors (Lipinski definition) is 1. The van der Waals surface area contributed by atoms with Crippen molar-refractivity contribution in [2.24, 2.45) is 11.3 Å². The summed E-state index contributed by atoms with van der Waals surface area (Å²) in [5.41, 5.74) is 2.55. The molecule has 1 N–H and O–H groups in total. The molecule has 1 heterocycles. The van der Waals surface area contributed by atoms with E-state index in [9.17, 15) is 9.59 Å². The van der Waals surface area contributed by atoms with Crippen molar-refractivity contribution in [2.45, 2.75) is 40.0 Å². The van der Waals surface area contributed by atoms with E-state index in [4.69, 9.17) is 4.74 Å². The van der Waals surface area contributed by atoms with Gasteiger partial charge in [0.1, 0.15) is 12.4 Å². The zero-order valence-corrected chi connectivity index (χ0v) is 21.0. The predicted molar refractivity (Wildman–Crippen MR) is 141 cm³/mol. The van der Waals surface area contributed by atoms with Gasteiger partial charge in [0.2, 0.25) is 11.8 Å². The van der Waals surface area contributed by atoms with Gasteiger partial charge in [0, 0.05) is 12.2 Å². The van der Waals surface area contributed by atoms with Crippen LogP contribution in [0.25, 0.3) is 0 Å². The molecule has 1 aliphatic rings. The van der Waals surface area contributed by atoms with E-state index < -0.39 is 11.3 Å². The molecule has 0 bridgehead atoms. The maximum atomic E-state index is 13.6. The summed E-state index contributed by atoms with van der Waals surface area (Å²) >= 11 is 0. The Bertz CT molecular complexity index is 1130. The minimum atomic E-state index is -0.634. The Kier molecular flexibility index (Phi) is 7.25. The third kappa shape index (κ3) is 5.56. The minimum absolute atomic E-state index is 0.0341. The number of nitrogens with one attached hydrogen (secondary N) is 1. The number of ether oxygens (including phenoxy) is 1. The second-order valence-corrected chi connectivity index (χ2v) is 10.2. The van der Waals surface area contributed by atoms with Gasteiger partial charge in [-0.2, -0.15) is 0 Å². The first-order chi connectivity index (χ1) is 16.8. The van der Waals surface area contributed by atoms with Crippen molar-refractivity contribution in [3.63, 3.8) is 0 Å². The largest absolute Gasteiger partial charge is 0.490 e. The van der Waals surface area contributed by atoms with Gasteiger partial charge in [-0.1, -0.05) is 74.5 Å². The van der Waals surface area contributed by atoms with Gasteiger partial charge in [0.25, 0.3) is 0 Å². The van der Waals surface area contributed by atoms with Crippen LogP contribution in [0, 0.1) is 11.3 Å². The van der Waals surface area contributed by atoms with Crippen molar-refractivity contribution in [1.29, 1.82) is 0 Å². The molecule has 0 spiro atoms. The van der Waals surface area contributed by atoms with Gasteiger partial charge in [0.05, 0.1) is 17.0 Å². The number of carbonyl (C=O) groups is 2. The molecule has 5 nitrogen and oxygen atoms in total. The SMILES string of the molecule is CC(C)CCN1C(=O)C(C)(C)COc2ccc(NC(=O)C(c3ccccc3)c3ccccc3)cc21. The molecule has 3 aromatic carbocycles. The Morgan fingerprint density at radius 2 is 1.57 bits per heavy atom. The van der Waals surface area contributed by atoms with Crippen molar-refractivity contribution in [1.82, 2.24) is 0 Å². The maximum absolute atomic E-state index is 13.6. The zero-order chi connectivity index (χ0) is 25.0. The summed E-state index contributed by atoms with van der Waals surface area (Å²) in [5, 5.41) is 3.10. The molecule has 35 heavy (non-hydrogen) atoms. The second-order valence-electron chi connectivity index (χ2n) is 10.2. The lowest BCUT2D eigenvalue weighted by Gasteiger charge is -2.29. The van der Waals surface area contributed by atoms with E-state index in [0.717, 1.165) is 17.5 Å². The molecule has 0 fully saturated rings. The normalized spacial score (nSPS) is 14.9. The summed E-state index contributed by atoms with van der Waals surface area (Å²) in [6, 6.07) is 25.1. The first-order valence-corrected chi connectivity index (χ1v) is 12.3. The van der Waals surface area contributed by atoms with Gasteiger partial charge in [-0.05, 0) is 55.5 Å². The highest BCUT2D eigenvalue weighted by molar-refractivity contribution is 6.02. The number of nitrogens with zero attached hydrogens (tertiary/aromatic N) is 1. The van der Waals surface area contributed by atoms with Crippen molar-refractivity contribution in [3.05, 3.63) is 90.0 Å². The van der Waals surface area contributed by atoms with Crippen molar-refractivity contribution in [2.75, 3.05) is 23.4 Å². The monoisotopic (exact) mass is 470 g/mol. The lowest BCUT2D eigenvalue weighted by molar-refractivity contribution is -0.127. The predicted octanol–water partition coefficient (Wildman–Crippen LogP) is 6.25. The number of hydrogen-bond acceptors (Lipinski definition) is 3. The number of benzene rings is 3. The number of anilines is 2. The molecule has 0 saturated carbocycles. The molecule has 0 unspecified atom stereocenters. The zero-order valence-electron chi connectivity index (χ0n) is 21.0. The fraction of sp³-hybridized carbons (Fsp3) is 0.333. The van der Waals surface area contributed by atoms with Gasteiger partial charge >= 0.3 is 0 Å². The average molecular weight is 471 g/mol. The Balaban J connectivity index is 1.67. The summed E-state index contributed by atoms with van der Waals surface area (Å²) in [4.78, 5) is 28.8. The van der Waals surface area contributed by atoms with Crippen LogP contribution < -0.4 is 15.0 Å². The van der Waals surface area contributed by atoms with Gasteiger partial charge in [0.15, 0.2) is 0 Å². The van der Waals surface area contributed by atoms with Crippen molar-refractivity contribution < 1.29 is 14.3 Å². The van der Waals surface area contributed by atoms with E-state index in [1.165, 1.54) is 0 Å². The molecule has 2 amide bonds. The van der Waals surface area contributed by atoms with E-state index in [2.05, 4.69) is 19.2 Å². The van der Waals surface area contributed by atoms with Gasteiger partial charge < -0.3 is 15.0 Å². The highest BCUT2D eigenvalue weighted by Crippen LogP contribution is 2.39. The molecule has 5 heteroatoms. The first kappa shape index (κ1) is 24.5. The molecule has 0 aliphatic carbocycles. The summed E-state index contributed by atoms with van der Waals surface area (Å²) in [6.45, 7) is 9.04. The third-order valence-corrected chi connectivity index (χ3v) is 6.39. The summed E-state index contributed by atoms with van der Waals surface area (Å²) in [7, 11) is 0. The van der Waals surface area contributed by atoms with Crippen LogP contribution in [0.1, 0.15) is 51.2 Å². The van der Waals surface area contributed by atoms with Gasteiger partial charge in [-0.15, -0.1) is 0 Å². The minimum Gasteiger partial charge on any atom is -0.490 e. The van der Waals surface area contributed by atoms with E-state index in [0.29, 0.717) is 36.2 Å². The molecule has 0 saturated heterocycles. The maximum Gasteiger partial charge on any atom is 0.236 e. The van der Waals surface area contributed by atoms with Crippen molar-refractivity contribution >= 4 is 23.2 Å². The lowest BCUT2D eigenvalue weighted by Crippen LogP contribution is -2.42. The van der Waals surface area contributed by atoms with E-state index in [1.54, 1.807) is 0 Å². The van der Waals surface area contributed by atoms with Gasteiger partial charge in [-0.25, -0.2) is 0 Å². The average Bonchev–Trinajstić information content (AvgIpc) is 2.93. The second kappa shape index (κ2) is 10.3. The lowest BCUT2D eigenvalue weighted by atomic mass is 9.90. The van der Waals surface area contributed by atoms with Crippen LogP contribution >= 0.6 is 0 Å². The Morgan fingerprint density at radius 3 is 2.14 bits per heavy atom. The van der Waals surface area contributed by atoms with Crippen LogP contribution in [0.3, 0.4) is 0 Å². The highest BCUT2D eigenvalue weighted by atomic mass is 16.5. The highest BCUT2D eigenvalue weighted by Gasteiger charge is 2.38. The van der Waals surface area contributed by atoms with Crippen LogP contribution in [0.2, 0.25) is 0 Å². The van der Waals surface area contributed by atoms with Gasteiger partial charge in [-0.3, -0.25) is 9.59 Å². The molecule has 0 radical (unpaired) electrons. The number of fused-ring (bicyclic) bond motifs is 1. The molecule has 3 aromatic rings. The summed E-state index contributed by atoms with van der Waals surface area (Å²) in [6.07, 6.45) is 0.877. The quantitative estimate of drug-likeness (QED) is 0.444. The molecular weight excluding hydrogens is 436 g/mol. The van der Waals surface area contributed by atoms with E-state index in [-0.39, 0.29) is 11.8 Å². The standard InChI is InChI=1S/C30H34N2O3/c1-21(2)17-18-32-25-19-24(15-16-26(25)35-20-30(3,4)29(32)34)31-28(33)27(22-11-7-5-8-12-22)23-13-9-6-10-14-23/h5-16,19,21,27H,17-18,20H2,1-4H3,(H,31,33). The third-order valence-electron chi connectivity index (χ3n) is 6.39. The number of carbonyl (C=O) groups excluding carboxylic acids is 2. The summed E-state index contributed by atoms with van der Waals surface area (Å²) in [5.74, 6) is 0.571. The Morgan fingerprint density at radius 1 is 0.971 bits per heavy atom. The fourth-order valence-corrected chi connectivity index (χ4v) is 4.33. The fourth-order valence-electron chi connectivity index (χ4n) is 4.33. The van der Waals surface area contributed by atoms with Crippen LogP contribution in [0.4, 0.5) is 11.4 Å². The topological polar surface area (TPSA) is 58.6 Å². The van der Waals surface area contributed by atoms with Crippen molar-refractivity contribution in [3.8, 4) is 5.75 Å². The van der Waals surface area contributed by atoms with Crippen LogP contribution in [-0.4, -0.2) is 25.0 Å².